The van der Waals surface area contributed by atoms with Crippen LogP contribution in [0.25, 0.3) is 0 Å². The van der Waals surface area contributed by atoms with Gasteiger partial charge in [0, 0.05) is 30.0 Å². The van der Waals surface area contributed by atoms with Crippen molar-refractivity contribution in [3.8, 4) is 0 Å². The second kappa shape index (κ2) is 10.2. The summed E-state index contributed by atoms with van der Waals surface area (Å²) in [6.45, 7) is 1.05. The number of aromatic nitrogens is 3. The molecule has 1 fully saturated rings. The van der Waals surface area contributed by atoms with Crippen molar-refractivity contribution in [1.29, 1.82) is 5.41 Å². The van der Waals surface area contributed by atoms with Crippen molar-refractivity contribution < 1.29 is 14.3 Å². The van der Waals surface area contributed by atoms with Crippen LogP contribution in [0, 0.1) is 5.41 Å². The number of anilines is 3. The molecule has 0 atom stereocenters. The highest BCUT2D eigenvalue weighted by atomic mass is 79.9. The molecule has 1 saturated heterocycles. The number of amidine groups is 1. The van der Waals surface area contributed by atoms with E-state index in [9.17, 15) is 9.59 Å². The van der Waals surface area contributed by atoms with Crippen LogP contribution in [0.15, 0.2) is 55.0 Å². The van der Waals surface area contributed by atoms with Gasteiger partial charge < -0.3 is 15.4 Å². The summed E-state index contributed by atoms with van der Waals surface area (Å²) in [5, 5.41) is 13.4. The lowest BCUT2D eigenvalue weighted by atomic mass is 10.2. The first-order valence-corrected chi connectivity index (χ1v) is 9.53. The topological polar surface area (TPSA) is 133 Å². The molecule has 0 saturated carbocycles. The average Bonchev–Trinajstić information content (AvgIpc) is 3.21. The van der Waals surface area contributed by atoms with Gasteiger partial charge in [0.05, 0.1) is 11.6 Å². The van der Waals surface area contributed by atoms with E-state index in [-0.39, 0.29) is 40.2 Å². The first-order valence-electron chi connectivity index (χ1n) is 9.15. The summed E-state index contributed by atoms with van der Waals surface area (Å²) in [5.41, 5.74) is 0.996. The zero-order valence-corrected chi connectivity index (χ0v) is 18.9. The molecule has 1 aliphatic heterocycles. The van der Waals surface area contributed by atoms with Gasteiger partial charge in [-0.2, -0.15) is 0 Å². The van der Waals surface area contributed by atoms with E-state index < -0.39 is 11.8 Å². The van der Waals surface area contributed by atoms with Gasteiger partial charge in [-0.3, -0.25) is 19.9 Å². The van der Waals surface area contributed by atoms with E-state index in [4.69, 9.17) is 21.7 Å². The number of carbonyl (C=O) groups is 2. The molecule has 4 rings (SSSR count). The summed E-state index contributed by atoms with van der Waals surface area (Å²) >= 11 is 5.79. The van der Waals surface area contributed by atoms with Crippen LogP contribution in [0.5, 0.6) is 0 Å². The van der Waals surface area contributed by atoms with E-state index in [0.717, 1.165) is 5.69 Å². The predicted octanol–water partition coefficient (Wildman–Crippen LogP) is 3.38. The molecule has 32 heavy (non-hydrogen) atoms. The molecule has 1 aliphatic rings. The molecule has 0 radical (unpaired) electrons. The molecule has 0 bridgehead atoms. The molecule has 0 aliphatic carbocycles. The predicted molar refractivity (Wildman–Crippen MR) is 125 cm³/mol. The van der Waals surface area contributed by atoms with Crippen LogP contribution in [-0.2, 0) is 4.74 Å². The molecule has 164 valence electrons. The molecule has 3 heterocycles. The summed E-state index contributed by atoms with van der Waals surface area (Å²) in [5.74, 6) is -0.957. The van der Waals surface area contributed by atoms with Crippen LogP contribution in [-0.4, -0.2) is 45.9 Å². The van der Waals surface area contributed by atoms with Crippen LogP contribution in [0.4, 0.5) is 17.2 Å². The lowest BCUT2D eigenvalue weighted by molar-refractivity contribution is 0.0982. The lowest BCUT2D eigenvalue weighted by Crippen LogP contribution is -2.24. The number of hydrogen-bond donors (Lipinski definition) is 3. The minimum absolute atomic E-state index is 0. The zero-order chi connectivity index (χ0) is 21.8. The van der Waals surface area contributed by atoms with Crippen LogP contribution >= 0.6 is 28.6 Å². The number of hydrogen-bond acceptors (Lipinski definition) is 7. The SMILES string of the molecule is Br.N=C1OCCN1c1ccc(NC(=O)c2nccnc2C(=O)Nc2ccc(Cl)cn2)cc1. The van der Waals surface area contributed by atoms with Gasteiger partial charge in [-0.1, -0.05) is 11.6 Å². The molecular weight excluding hydrogens is 502 g/mol. The zero-order valence-electron chi connectivity index (χ0n) is 16.4. The van der Waals surface area contributed by atoms with Crippen LogP contribution in [0.1, 0.15) is 21.0 Å². The van der Waals surface area contributed by atoms with Crippen molar-refractivity contribution in [2.45, 2.75) is 0 Å². The fraction of sp³-hybridized carbons (Fsp3) is 0.100. The van der Waals surface area contributed by atoms with Gasteiger partial charge in [0.1, 0.15) is 12.4 Å². The van der Waals surface area contributed by atoms with Gasteiger partial charge in [0.25, 0.3) is 17.8 Å². The molecule has 10 nitrogen and oxygen atoms in total. The van der Waals surface area contributed by atoms with Crippen molar-refractivity contribution in [3.05, 3.63) is 71.4 Å². The highest BCUT2D eigenvalue weighted by molar-refractivity contribution is 8.93. The maximum absolute atomic E-state index is 12.7. The van der Waals surface area contributed by atoms with Gasteiger partial charge >= 0.3 is 0 Å². The Hall–Kier alpha value is -3.57. The van der Waals surface area contributed by atoms with Crippen molar-refractivity contribution >= 4 is 63.6 Å². The highest BCUT2D eigenvalue weighted by Crippen LogP contribution is 2.21. The second-order valence-electron chi connectivity index (χ2n) is 6.38. The Morgan fingerprint density at radius 2 is 1.62 bits per heavy atom. The first kappa shape index (κ1) is 23.1. The first-order chi connectivity index (χ1) is 15.0. The summed E-state index contributed by atoms with van der Waals surface area (Å²) < 4.78 is 5.13. The van der Waals surface area contributed by atoms with E-state index in [1.54, 1.807) is 35.2 Å². The number of halogens is 2. The number of nitrogens with zero attached hydrogens (tertiary/aromatic N) is 4. The molecule has 0 spiro atoms. The monoisotopic (exact) mass is 517 g/mol. The standard InChI is InChI=1S/C20H16ClN7O3.BrH/c21-12-1-6-15(25-11-12)27-19(30)17-16(23-7-8-24-17)18(29)26-13-2-4-14(5-3-13)28-9-10-31-20(28)22;/h1-8,11,22H,9-10H2,(H,26,29)(H,25,27,30);1H. The van der Waals surface area contributed by atoms with E-state index in [1.165, 1.54) is 24.7 Å². The third-order valence-corrected chi connectivity index (χ3v) is 4.56. The summed E-state index contributed by atoms with van der Waals surface area (Å²) in [7, 11) is 0. The quantitative estimate of drug-likeness (QED) is 0.471. The van der Waals surface area contributed by atoms with E-state index in [0.29, 0.717) is 23.9 Å². The Bertz CT molecular complexity index is 1140. The number of nitrogens with one attached hydrogen (secondary N) is 3. The Kier molecular flexibility index (Phi) is 7.33. The molecule has 3 N–H and O–H groups in total. The van der Waals surface area contributed by atoms with Gasteiger partial charge in [-0.05, 0) is 36.4 Å². The fourth-order valence-corrected chi connectivity index (χ4v) is 2.98. The fourth-order valence-electron chi connectivity index (χ4n) is 2.87. The molecule has 2 aromatic heterocycles. The van der Waals surface area contributed by atoms with Crippen LogP contribution < -0.4 is 15.5 Å². The maximum Gasteiger partial charge on any atom is 0.289 e. The number of pyridine rings is 1. The van der Waals surface area contributed by atoms with Gasteiger partial charge in [-0.15, -0.1) is 17.0 Å². The lowest BCUT2D eigenvalue weighted by Gasteiger charge is -2.15. The van der Waals surface area contributed by atoms with Crippen molar-refractivity contribution in [1.82, 2.24) is 15.0 Å². The van der Waals surface area contributed by atoms with Crippen molar-refractivity contribution in [3.63, 3.8) is 0 Å². The molecule has 12 heteroatoms. The number of benzene rings is 1. The Morgan fingerprint density at radius 1 is 0.969 bits per heavy atom. The Balaban J connectivity index is 0.00000289. The Labute approximate surface area is 198 Å². The largest absolute Gasteiger partial charge is 0.463 e. The second-order valence-corrected chi connectivity index (χ2v) is 6.81. The number of rotatable bonds is 5. The maximum atomic E-state index is 12.7. The van der Waals surface area contributed by atoms with Crippen LogP contribution in [0.3, 0.4) is 0 Å². The summed E-state index contributed by atoms with van der Waals surface area (Å²) in [6, 6.07) is 10.1. The third-order valence-electron chi connectivity index (χ3n) is 4.33. The molecule has 1 aromatic carbocycles. The number of amides is 2. The van der Waals surface area contributed by atoms with E-state index in [1.807, 2.05) is 0 Å². The number of ether oxygens (including phenoxy) is 1. The molecular formula is C20H17BrClN7O3. The molecule has 2 amide bonds. The minimum Gasteiger partial charge on any atom is -0.463 e. The van der Waals surface area contributed by atoms with E-state index in [2.05, 4.69) is 25.6 Å². The third kappa shape index (κ3) is 5.18. The highest BCUT2D eigenvalue weighted by Gasteiger charge is 2.22. The summed E-state index contributed by atoms with van der Waals surface area (Å²) in [6.07, 6.45) is 4.04. The van der Waals surface area contributed by atoms with Gasteiger partial charge in [0.2, 0.25) is 0 Å². The minimum atomic E-state index is -0.629. The van der Waals surface area contributed by atoms with Crippen molar-refractivity contribution in [2.24, 2.45) is 0 Å². The molecule has 0 unspecified atom stereocenters. The average molecular weight is 519 g/mol. The smallest absolute Gasteiger partial charge is 0.289 e. The Morgan fingerprint density at radius 3 is 2.19 bits per heavy atom. The van der Waals surface area contributed by atoms with E-state index >= 15 is 0 Å². The van der Waals surface area contributed by atoms with Gasteiger partial charge in [0.15, 0.2) is 11.4 Å². The van der Waals surface area contributed by atoms with Crippen molar-refractivity contribution in [2.75, 3.05) is 28.7 Å². The molecule has 3 aromatic rings. The number of carbonyl (C=O) groups excluding carboxylic acids is 2. The van der Waals surface area contributed by atoms with Gasteiger partial charge in [-0.25, -0.2) is 15.0 Å². The van der Waals surface area contributed by atoms with Crippen LogP contribution in [0.2, 0.25) is 5.02 Å². The normalized spacial score (nSPS) is 12.5. The summed E-state index contributed by atoms with van der Waals surface area (Å²) in [4.78, 5) is 39.0.